The third-order valence-electron chi connectivity index (χ3n) is 2.80. The van der Waals surface area contributed by atoms with E-state index in [9.17, 15) is 10.1 Å². The van der Waals surface area contributed by atoms with Gasteiger partial charge in [0.1, 0.15) is 0 Å². The van der Waals surface area contributed by atoms with Crippen LogP contribution in [-0.4, -0.2) is 15.1 Å². The number of hydrogen-bond donors (Lipinski definition) is 0. The first-order chi connectivity index (χ1) is 10.1. The second-order valence-corrected chi connectivity index (χ2v) is 4.67. The lowest BCUT2D eigenvalue weighted by atomic mass is 10.2. The first-order valence-corrected chi connectivity index (χ1v) is 6.35. The molecule has 0 saturated heterocycles. The van der Waals surface area contributed by atoms with Gasteiger partial charge in [-0.15, -0.1) is 10.2 Å². The van der Waals surface area contributed by atoms with Crippen molar-refractivity contribution in [3.05, 3.63) is 63.7 Å². The van der Waals surface area contributed by atoms with Gasteiger partial charge in [0, 0.05) is 28.3 Å². The van der Waals surface area contributed by atoms with E-state index in [1.807, 2.05) is 0 Å². The maximum Gasteiger partial charge on any atom is 0.270 e. The lowest BCUT2D eigenvalue weighted by Crippen LogP contribution is -1.88. The summed E-state index contributed by atoms with van der Waals surface area (Å²) in [6, 6.07) is 13.0. The zero-order valence-electron chi connectivity index (χ0n) is 10.6. The number of aromatic nitrogens is 2. The van der Waals surface area contributed by atoms with E-state index >= 15 is 0 Å². The molecule has 6 nitrogen and oxygen atoms in total. The summed E-state index contributed by atoms with van der Waals surface area (Å²) < 4.78 is 5.54. The summed E-state index contributed by atoms with van der Waals surface area (Å²) in [7, 11) is 0. The van der Waals surface area contributed by atoms with Crippen molar-refractivity contribution in [3.8, 4) is 22.9 Å². The number of non-ortho nitro benzene ring substituents is 1. The molecule has 0 aliphatic heterocycles. The summed E-state index contributed by atoms with van der Waals surface area (Å²) in [5, 5.41) is 19.2. The molecule has 104 valence electrons. The third kappa shape index (κ3) is 2.75. The van der Waals surface area contributed by atoms with Gasteiger partial charge in [-0.3, -0.25) is 10.1 Å². The summed E-state index contributed by atoms with van der Waals surface area (Å²) >= 11 is 5.91. The van der Waals surface area contributed by atoms with Crippen LogP contribution < -0.4 is 0 Å². The highest BCUT2D eigenvalue weighted by Crippen LogP contribution is 2.27. The van der Waals surface area contributed by atoms with E-state index in [1.54, 1.807) is 36.4 Å². The highest BCUT2D eigenvalue weighted by atomic mass is 35.5. The van der Waals surface area contributed by atoms with Crippen molar-refractivity contribution in [2.24, 2.45) is 0 Å². The van der Waals surface area contributed by atoms with Crippen LogP contribution in [-0.2, 0) is 0 Å². The minimum atomic E-state index is -0.474. The zero-order valence-corrected chi connectivity index (χ0v) is 11.3. The van der Waals surface area contributed by atoms with Crippen LogP contribution in [0, 0.1) is 10.1 Å². The largest absolute Gasteiger partial charge is 0.416 e. The maximum atomic E-state index is 10.8. The average Bonchev–Trinajstić information content (AvgIpc) is 2.97. The Hall–Kier alpha value is -2.73. The molecule has 1 heterocycles. The van der Waals surface area contributed by atoms with Gasteiger partial charge in [0.2, 0.25) is 11.8 Å². The Morgan fingerprint density at radius 1 is 1.00 bits per heavy atom. The lowest BCUT2D eigenvalue weighted by molar-refractivity contribution is -0.384. The first kappa shape index (κ1) is 13.3. The summed E-state index contributed by atoms with van der Waals surface area (Å²) in [6.07, 6.45) is 0. The molecule has 0 atom stereocenters. The van der Waals surface area contributed by atoms with E-state index in [0.29, 0.717) is 22.0 Å². The Balaban J connectivity index is 1.98. The molecule has 7 heteroatoms. The maximum absolute atomic E-state index is 10.8. The van der Waals surface area contributed by atoms with Crippen LogP contribution in [0.15, 0.2) is 52.9 Å². The number of halogens is 1. The number of benzene rings is 2. The minimum Gasteiger partial charge on any atom is -0.416 e. The molecule has 3 rings (SSSR count). The summed E-state index contributed by atoms with van der Waals surface area (Å²) in [5.74, 6) is 0.521. The van der Waals surface area contributed by atoms with Gasteiger partial charge in [-0.1, -0.05) is 23.7 Å². The molecule has 0 amide bonds. The van der Waals surface area contributed by atoms with E-state index in [1.165, 1.54) is 12.1 Å². The molecule has 0 bridgehead atoms. The summed E-state index contributed by atoms with van der Waals surface area (Å²) in [4.78, 5) is 10.3. The number of hydrogen-bond acceptors (Lipinski definition) is 5. The highest BCUT2D eigenvalue weighted by molar-refractivity contribution is 6.30. The number of nitro benzene ring substituents is 1. The van der Waals surface area contributed by atoms with Crippen LogP contribution in [0.25, 0.3) is 22.9 Å². The van der Waals surface area contributed by atoms with Crippen LogP contribution in [0.2, 0.25) is 5.02 Å². The van der Waals surface area contributed by atoms with E-state index in [-0.39, 0.29) is 11.6 Å². The van der Waals surface area contributed by atoms with Crippen molar-refractivity contribution in [1.29, 1.82) is 0 Å². The highest BCUT2D eigenvalue weighted by Gasteiger charge is 2.13. The average molecular weight is 302 g/mol. The molecule has 0 N–H and O–H groups in total. The van der Waals surface area contributed by atoms with Gasteiger partial charge in [-0.2, -0.15) is 0 Å². The Kier molecular flexibility index (Phi) is 3.37. The minimum absolute atomic E-state index is 0.0324. The van der Waals surface area contributed by atoms with Crippen molar-refractivity contribution in [1.82, 2.24) is 10.2 Å². The van der Waals surface area contributed by atoms with Crippen molar-refractivity contribution in [2.45, 2.75) is 0 Å². The van der Waals surface area contributed by atoms with Crippen LogP contribution in [0.5, 0.6) is 0 Å². The standard InChI is InChI=1S/C14H8ClN3O3/c15-11-5-1-3-9(7-11)13-16-17-14(21-13)10-4-2-6-12(8-10)18(19)20/h1-8H. The molecule has 0 unspecified atom stereocenters. The zero-order chi connectivity index (χ0) is 14.8. The molecule has 0 aliphatic carbocycles. The molecular weight excluding hydrogens is 294 g/mol. The Morgan fingerprint density at radius 2 is 1.62 bits per heavy atom. The van der Waals surface area contributed by atoms with Gasteiger partial charge in [0.15, 0.2) is 0 Å². The fourth-order valence-corrected chi connectivity index (χ4v) is 2.02. The van der Waals surface area contributed by atoms with Crippen molar-refractivity contribution >= 4 is 17.3 Å². The van der Waals surface area contributed by atoms with Crippen molar-refractivity contribution < 1.29 is 9.34 Å². The second kappa shape index (κ2) is 5.34. The van der Waals surface area contributed by atoms with E-state index in [2.05, 4.69) is 10.2 Å². The molecule has 0 fully saturated rings. The predicted octanol–water partition coefficient (Wildman–Crippen LogP) is 3.97. The van der Waals surface area contributed by atoms with Gasteiger partial charge in [0.25, 0.3) is 5.69 Å². The molecule has 0 spiro atoms. The van der Waals surface area contributed by atoms with E-state index < -0.39 is 4.92 Å². The molecule has 2 aromatic carbocycles. The number of nitro groups is 1. The number of rotatable bonds is 3. The molecule has 0 aliphatic rings. The third-order valence-corrected chi connectivity index (χ3v) is 3.04. The Bertz CT molecular complexity index is 816. The predicted molar refractivity (Wildman–Crippen MR) is 76.8 cm³/mol. The Morgan fingerprint density at radius 3 is 2.24 bits per heavy atom. The van der Waals surface area contributed by atoms with Gasteiger partial charge >= 0.3 is 0 Å². The smallest absolute Gasteiger partial charge is 0.270 e. The molecule has 1 aromatic heterocycles. The number of nitrogens with zero attached hydrogens (tertiary/aromatic N) is 3. The molecule has 0 radical (unpaired) electrons. The van der Waals surface area contributed by atoms with Crippen LogP contribution in [0.3, 0.4) is 0 Å². The lowest BCUT2D eigenvalue weighted by Gasteiger charge is -1.96. The van der Waals surface area contributed by atoms with Gasteiger partial charge in [-0.05, 0) is 24.3 Å². The Labute approximate surface area is 124 Å². The normalized spacial score (nSPS) is 10.5. The summed E-state index contributed by atoms with van der Waals surface area (Å²) in [5.41, 5.74) is 1.15. The SMILES string of the molecule is O=[N+]([O-])c1cccc(-c2nnc(-c3cccc(Cl)c3)o2)c1. The first-order valence-electron chi connectivity index (χ1n) is 5.98. The topological polar surface area (TPSA) is 82.1 Å². The van der Waals surface area contributed by atoms with Gasteiger partial charge < -0.3 is 4.42 Å². The van der Waals surface area contributed by atoms with E-state index in [4.69, 9.17) is 16.0 Å². The second-order valence-electron chi connectivity index (χ2n) is 4.23. The molecule has 21 heavy (non-hydrogen) atoms. The molecule has 3 aromatic rings. The van der Waals surface area contributed by atoms with Crippen molar-refractivity contribution in [2.75, 3.05) is 0 Å². The fraction of sp³-hybridized carbons (Fsp3) is 0. The van der Waals surface area contributed by atoms with Gasteiger partial charge in [0.05, 0.1) is 4.92 Å². The molecule has 0 saturated carbocycles. The van der Waals surface area contributed by atoms with E-state index in [0.717, 1.165) is 0 Å². The monoisotopic (exact) mass is 301 g/mol. The summed E-state index contributed by atoms with van der Waals surface area (Å²) in [6.45, 7) is 0. The van der Waals surface area contributed by atoms with Crippen LogP contribution >= 0.6 is 11.6 Å². The fourth-order valence-electron chi connectivity index (χ4n) is 1.83. The van der Waals surface area contributed by atoms with Crippen LogP contribution in [0.1, 0.15) is 0 Å². The van der Waals surface area contributed by atoms with Crippen LogP contribution in [0.4, 0.5) is 5.69 Å². The molecular formula is C14H8ClN3O3. The van der Waals surface area contributed by atoms with Crippen molar-refractivity contribution in [3.63, 3.8) is 0 Å². The quantitative estimate of drug-likeness (QED) is 0.540. The van der Waals surface area contributed by atoms with Gasteiger partial charge in [-0.25, -0.2) is 0 Å².